The fourth-order valence-electron chi connectivity index (χ4n) is 0.303. The van der Waals surface area contributed by atoms with Gasteiger partial charge in [0.2, 0.25) is 0 Å². The SMILES string of the molecule is COCSCN(C)C. The van der Waals surface area contributed by atoms with E-state index in [1.165, 1.54) is 0 Å². The lowest BCUT2D eigenvalue weighted by Crippen LogP contribution is -2.10. The number of methoxy groups -OCH3 is 1. The molecular weight excluding hydrogens is 122 g/mol. The average molecular weight is 135 g/mol. The summed E-state index contributed by atoms with van der Waals surface area (Å²) in [5.41, 5.74) is 0. The Bertz CT molecular complexity index is 49.7. The maximum atomic E-state index is 4.83. The Kier molecular flexibility index (Phi) is 5.59. The van der Waals surface area contributed by atoms with E-state index in [0.29, 0.717) is 0 Å². The fourth-order valence-corrected chi connectivity index (χ4v) is 0.910. The number of nitrogens with zero attached hydrogens (tertiary/aromatic N) is 1. The first-order valence-electron chi connectivity index (χ1n) is 2.48. The lowest BCUT2D eigenvalue weighted by molar-refractivity contribution is 0.258. The zero-order chi connectivity index (χ0) is 6.41. The maximum absolute atomic E-state index is 4.83. The molecule has 0 aromatic rings. The van der Waals surface area contributed by atoms with Crippen LogP contribution in [-0.2, 0) is 4.74 Å². The Morgan fingerprint density at radius 2 is 2.12 bits per heavy atom. The highest BCUT2D eigenvalue weighted by Crippen LogP contribution is 1.98. The molecule has 0 saturated heterocycles. The van der Waals surface area contributed by atoms with Crippen molar-refractivity contribution in [2.75, 3.05) is 33.0 Å². The minimum absolute atomic E-state index is 0.790. The number of ether oxygens (including phenoxy) is 1. The summed E-state index contributed by atoms with van der Waals surface area (Å²) in [4.78, 5) is 2.11. The van der Waals surface area contributed by atoms with Gasteiger partial charge in [-0.05, 0) is 14.1 Å². The molecule has 0 rings (SSSR count). The quantitative estimate of drug-likeness (QED) is 0.419. The Morgan fingerprint density at radius 1 is 1.50 bits per heavy atom. The van der Waals surface area contributed by atoms with Crippen LogP contribution in [0.15, 0.2) is 0 Å². The van der Waals surface area contributed by atoms with Crippen LogP contribution in [0.25, 0.3) is 0 Å². The molecular formula is C5H13NOS. The van der Waals surface area contributed by atoms with E-state index in [1.54, 1.807) is 18.9 Å². The van der Waals surface area contributed by atoms with Gasteiger partial charge in [0.15, 0.2) is 0 Å². The molecule has 0 aliphatic rings. The van der Waals surface area contributed by atoms with E-state index in [-0.39, 0.29) is 0 Å². The van der Waals surface area contributed by atoms with Crippen LogP contribution in [-0.4, -0.2) is 37.9 Å². The third-order valence-corrected chi connectivity index (χ3v) is 1.65. The van der Waals surface area contributed by atoms with Gasteiger partial charge < -0.3 is 9.64 Å². The summed E-state index contributed by atoms with van der Waals surface area (Å²) in [7, 11) is 5.80. The molecule has 0 aromatic heterocycles. The molecule has 8 heavy (non-hydrogen) atoms. The van der Waals surface area contributed by atoms with Crippen molar-refractivity contribution in [3.8, 4) is 0 Å². The molecule has 0 radical (unpaired) electrons. The van der Waals surface area contributed by atoms with Crippen molar-refractivity contribution in [3.63, 3.8) is 0 Å². The van der Waals surface area contributed by atoms with Crippen LogP contribution in [0.3, 0.4) is 0 Å². The lowest BCUT2D eigenvalue weighted by atomic mass is 11.0. The summed E-state index contributed by atoms with van der Waals surface area (Å²) in [6.07, 6.45) is 0. The van der Waals surface area contributed by atoms with Crippen LogP contribution >= 0.6 is 11.8 Å². The zero-order valence-corrected chi connectivity index (χ0v) is 6.49. The summed E-state index contributed by atoms with van der Waals surface area (Å²) in [6.45, 7) is 0. The Labute approximate surface area is 55.2 Å². The highest BCUT2D eigenvalue weighted by Gasteiger charge is 1.86. The molecule has 0 amide bonds. The fraction of sp³-hybridized carbons (Fsp3) is 1.00. The van der Waals surface area contributed by atoms with Crippen LogP contribution in [0.2, 0.25) is 0 Å². The van der Waals surface area contributed by atoms with E-state index < -0.39 is 0 Å². The molecule has 0 spiro atoms. The average Bonchev–Trinajstić information content (AvgIpc) is 1.66. The van der Waals surface area contributed by atoms with Crippen molar-refractivity contribution in [1.29, 1.82) is 0 Å². The number of hydrogen-bond donors (Lipinski definition) is 0. The third-order valence-electron chi connectivity index (χ3n) is 0.551. The molecule has 2 nitrogen and oxygen atoms in total. The van der Waals surface area contributed by atoms with E-state index in [9.17, 15) is 0 Å². The van der Waals surface area contributed by atoms with Crippen LogP contribution in [0.5, 0.6) is 0 Å². The maximum Gasteiger partial charge on any atom is 0.0929 e. The second kappa shape index (κ2) is 5.41. The molecule has 0 N–H and O–H groups in total. The number of rotatable bonds is 4. The summed E-state index contributed by atoms with van der Waals surface area (Å²) in [5, 5.41) is 0. The second-order valence-corrected chi connectivity index (χ2v) is 2.72. The lowest BCUT2D eigenvalue weighted by Gasteiger charge is -2.06. The van der Waals surface area contributed by atoms with Gasteiger partial charge in [0, 0.05) is 13.0 Å². The van der Waals surface area contributed by atoms with E-state index >= 15 is 0 Å². The molecule has 0 heterocycles. The Hall–Kier alpha value is 0.270. The van der Waals surface area contributed by atoms with Gasteiger partial charge >= 0.3 is 0 Å². The van der Waals surface area contributed by atoms with E-state index in [1.807, 2.05) is 14.1 Å². The highest BCUT2D eigenvalue weighted by molar-refractivity contribution is 7.99. The summed E-state index contributed by atoms with van der Waals surface area (Å²) in [5.74, 6) is 1.83. The van der Waals surface area contributed by atoms with Gasteiger partial charge in [-0.25, -0.2) is 0 Å². The van der Waals surface area contributed by atoms with Crippen LogP contribution in [0.1, 0.15) is 0 Å². The highest BCUT2D eigenvalue weighted by atomic mass is 32.2. The molecule has 0 atom stereocenters. The number of hydrogen-bond acceptors (Lipinski definition) is 3. The first kappa shape index (κ1) is 8.27. The Balaban J connectivity index is 2.72. The molecule has 0 bridgehead atoms. The van der Waals surface area contributed by atoms with E-state index in [2.05, 4.69) is 4.90 Å². The van der Waals surface area contributed by atoms with Gasteiger partial charge in [-0.2, -0.15) is 0 Å². The largest absolute Gasteiger partial charge is 0.374 e. The predicted octanol–water partition coefficient (Wildman–Crippen LogP) is 0.843. The third kappa shape index (κ3) is 6.27. The van der Waals surface area contributed by atoms with Crippen molar-refractivity contribution in [2.24, 2.45) is 0 Å². The van der Waals surface area contributed by atoms with E-state index in [4.69, 9.17) is 4.74 Å². The number of thioether (sulfide) groups is 1. The van der Waals surface area contributed by atoms with Crippen molar-refractivity contribution >= 4 is 11.8 Å². The monoisotopic (exact) mass is 135 g/mol. The van der Waals surface area contributed by atoms with E-state index in [0.717, 1.165) is 11.8 Å². The molecule has 50 valence electrons. The van der Waals surface area contributed by atoms with Crippen molar-refractivity contribution in [3.05, 3.63) is 0 Å². The standard InChI is InChI=1S/C5H13NOS/c1-6(2)4-8-5-7-3/h4-5H2,1-3H3. The Morgan fingerprint density at radius 3 is 2.50 bits per heavy atom. The minimum atomic E-state index is 0.790. The van der Waals surface area contributed by atoms with Gasteiger partial charge in [-0.3, -0.25) is 0 Å². The molecule has 0 saturated carbocycles. The normalized spacial score (nSPS) is 10.5. The predicted molar refractivity (Wildman–Crippen MR) is 38.0 cm³/mol. The zero-order valence-electron chi connectivity index (χ0n) is 5.68. The first-order valence-corrected chi connectivity index (χ1v) is 3.64. The smallest absolute Gasteiger partial charge is 0.0929 e. The first-order chi connectivity index (χ1) is 3.77. The second-order valence-electron chi connectivity index (χ2n) is 1.82. The van der Waals surface area contributed by atoms with Gasteiger partial charge in [-0.15, -0.1) is 11.8 Å². The van der Waals surface area contributed by atoms with Gasteiger partial charge in [0.25, 0.3) is 0 Å². The van der Waals surface area contributed by atoms with Crippen molar-refractivity contribution in [1.82, 2.24) is 4.90 Å². The van der Waals surface area contributed by atoms with Crippen LogP contribution in [0, 0.1) is 0 Å². The van der Waals surface area contributed by atoms with Gasteiger partial charge in [0.1, 0.15) is 0 Å². The van der Waals surface area contributed by atoms with Crippen molar-refractivity contribution in [2.45, 2.75) is 0 Å². The van der Waals surface area contributed by atoms with Gasteiger partial charge in [0.05, 0.1) is 5.94 Å². The van der Waals surface area contributed by atoms with Crippen molar-refractivity contribution < 1.29 is 4.74 Å². The van der Waals surface area contributed by atoms with Crippen LogP contribution < -0.4 is 0 Å². The molecule has 0 unspecified atom stereocenters. The van der Waals surface area contributed by atoms with Crippen LogP contribution in [0.4, 0.5) is 0 Å². The molecule has 0 aliphatic heterocycles. The summed E-state index contributed by atoms with van der Waals surface area (Å²) >= 11 is 1.77. The molecule has 0 aliphatic carbocycles. The summed E-state index contributed by atoms with van der Waals surface area (Å²) < 4.78 is 4.83. The molecule has 0 aromatic carbocycles. The minimum Gasteiger partial charge on any atom is -0.374 e. The topological polar surface area (TPSA) is 12.5 Å². The van der Waals surface area contributed by atoms with Gasteiger partial charge in [-0.1, -0.05) is 0 Å². The molecule has 0 fully saturated rings. The summed E-state index contributed by atoms with van der Waals surface area (Å²) in [6, 6.07) is 0. The molecule has 3 heteroatoms.